The third kappa shape index (κ3) is 2.89. The first-order chi connectivity index (χ1) is 7.56. The van der Waals surface area contributed by atoms with E-state index in [9.17, 15) is 4.79 Å². The first-order valence-corrected chi connectivity index (χ1v) is 5.11. The van der Waals surface area contributed by atoms with Gasteiger partial charge in [-0.3, -0.25) is 4.79 Å². The summed E-state index contributed by atoms with van der Waals surface area (Å²) in [5.41, 5.74) is 8.39. The zero-order chi connectivity index (χ0) is 12.1. The Morgan fingerprint density at radius 1 is 1.38 bits per heavy atom. The number of nitrogens with two attached hydrogens (primary N) is 1. The van der Waals surface area contributed by atoms with Crippen molar-refractivity contribution in [1.82, 2.24) is 0 Å². The third-order valence-electron chi connectivity index (χ3n) is 2.42. The number of benzene rings is 1. The molecule has 0 radical (unpaired) electrons. The maximum atomic E-state index is 10.9. The van der Waals surface area contributed by atoms with Crippen molar-refractivity contribution in [3.8, 4) is 5.75 Å². The molecule has 0 saturated heterocycles. The van der Waals surface area contributed by atoms with Gasteiger partial charge in [0.1, 0.15) is 5.75 Å². The number of carbonyl (C=O) groups excluding carboxylic acids is 1. The van der Waals surface area contributed by atoms with Crippen LogP contribution in [0.3, 0.4) is 0 Å². The number of aryl methyl sites for hydroxylation is 1. The van der Waals surface area contributed by atoms with E-state index in [0.717, 1.165) is 16.9 Å². The van der Waals surface area contributed by atoms with E-state index in [-0.39, 0.29) is 12.4 Å². The lowest BCUT2D eigenvalue weighted by molar-refractivity contribution is -0.141. The van der Waals surface area contributed by atoms with Crippen molar-refractivity contribution in [2.24, 2.45) is 0 Å². The number of hydrogen-bond acceptors (Lipinski definition) is 4. The van der Waals surface area contributed by atoms with Gasteiger partial charge in [-0.1, -0.05) is 6.07 Å². The average Bonchev–Trinajstić information content (AvgIpc) is 2.28. The van der Waals surface area contributed by atoms with Crippen LogP contribution in [0.2, 0.25) is 0 Å². The molecule has 2 N–H and O–H groups in total. The summed E-state index contributed by atoms with van der Waals surface area (Å²) in [6.07, 6.45) is 0.240. The minimum Gasteiger partial charge on any atom is -0.492 e. The molecule has 0 amide bonds. The monoisotopic (exact) mass is 223 g/mol. The molecule has 0 aliphatic heterocycles. The van der Waals surface area contributed by atoms with Gasteiger partial charge < -0.3 is 15.2 Å². The predicted octanol–water partition coefficient (Wildman–Crippen LogP) is 1.83. The highest BCUT2D eigenvalue weighted by atomic mass is 16.5. The van der Waals surface area contributed by atoms with Crippen LogP contribution in [0.25, 0.3) is 0 Å². The van der Waals surface area contributed by atoms with E-state index in [1.165, 1.54) is 7.11 Å². The Labute approximate surface area is 95.3 Å². The SMILES string of the molecule is COC(=O)CCOc1c(C)ccc(N)c1C. The summed E-state index contributed by atoms with van der Waals surface area (Å²) in [5, 5.41) is 0. The summed E-state index contributed by atoms with van der Waals surface area (Å²) < 4.78 is 10.1. The lowest BCUT2D eigenvalue weighted by Crippen LogP contribution is -2.09. The Kier molecular flexibility index (Phi) is 4.17. The molecule has 0 spiro atoms. The molecule has 16 heavy (non-hydrogen) atoms. The molecular formula is C12H17NO3. The number of ether oxygens (including phenoxy) is 2. The van der Waals surface area contributed by atoms with Gasteiger partial charge in [0.2, 0.25) is 0 Å². The molecule has 0 unspecified atom stereocenters. The Bertz CT molecular complexity index is 388. The highest BCUT2D eigenvalue weighted by Crippen LogP contribution is 2.27. The van der Waals surface area contributed by atoms with E-state index >= 15 is 0 Å². The van der Waals surface area contributed by atoms with Crippen LogP contribution in [0, 0.1) is 13.8 Å². The van der Waals surface area contributed by atoms with Gasteiger partial charge in [-0.2, -0.15) is 0 Å². The van der Waals surface area contributed by atoms with Gasteiger partial charge in [0.25, 0.3) is 0 Å². The molecule has 0 atom stereocenters. The Balaban J connectivity index is 2.67. The van der Waals surface area contributed by atoms with E-state index < -0.39 is 0 Å². The molecule has 0 aliphatic rings. The Morgan fingerprint density at radius 3 is 2.69 bits per heavy atom. The number of rotatable bonds is 4. The van der Waals surface area contributed by atoms with Crippen molar-refractivity contribution in [3.05, 3.63) is 23.3 Å². The molecule has 1 rings (SSSR count). The highest BCUT2D eigenvalue weighted by Gasteiger charge is 2.08. The molecule has 1 aromatic carbocycles. The van der Waals surface area contributed by atoms with Gasteiger partial charge in [-0.05, 0) is 25.5 Å². The normalized spacial score (nSPS) is 9.94. The van der Waals surface area contributed by atoms with Crippen LogP contribution in [-0.4, -0.2) is 19.7 Å². The molecule has 88 valence electrons. The van der Waals surface area contributed by atoms with Crippen LogP contribution in [0.15, 0.2) is 12.1 Å². The van der Waals surface area contributed by atoms with Gasteiger partial charge in [0, 0.05) is 11.3 Å². The van der Waals surface area contributed by atoms with Gasteiger partial charge >= 0.3 is 5.97 Å². The molecular weight excluding hydrogens is 206 g/mol. The van der Waals surface area contributed by atoms with Crippen LogP contribution in [-0.2, 0) is 9.53 Å². The maximum Gasteiger partial charge on any atom is 0.308 e. The summed E-state index contributed by atoms with van der Waals surface area (Å²) in [6.45, 7) is 4.15. The zero-order valence-corrected chi connectivity index (χ0v) is 9.87. The number of nitrogen functional groups attached to an aromatic ring is 1. The topological polar surface area (TPSA) is 61.5 Å². The fraction of sp³-hybridized carbons (Fsp3) is 0.417. The number of anilines is 1. The van der Waals surface area contributed by atoms with Crippen molar-refractivity contribution in [2.45, 2.75) is 20.3 Å². The summed E-state index contributed by atoms with van der Waals surface area (Å²) in [7, 11) is 1.36. The second-order valence-corrected chi connectivity index (χ2v) is 3.60. The molecule has 0 fully saturated rings. The molecule has 0 bridgehead atoms. The van der Waals surface area contributed by atoms with Crippen molar-refractivity contribution in [3.63, 3.8) is 0 Å². The van der Waals surface area contributed by atoms with E-state index in [2.05, 4.69) is 4.74 Å². The van der Waals surface area contributed by atoms with Crippen LogP contribution in [0.1, 0.15) is 17.5 Å². The lowest BCUT2D eigenvalue weighted by Gasteiger charge is -2.13. The predicted molar refractivity (Wildman–Crippen MR) is 62.5 cm³/mol. The van der Waals surface area contributed by atoms with Crippen molar-refractivity contribution >= 4 is 11.7 Å². The van der Waals surface area contributed by atoms with Gasteiger partial charge in [-0.25, -0.2) is 0 Å². The zero-order valence-electron chi connectivity index (χ0n) is 9.87. The van der Waals surface area contributed by atoms with Crippen LogP contribution in [0.4, 0.5) is 5.69 Å². The fourth-order valence-electron chi connectivity index (χ4n) is 1.40. The lowest BCUT2D eigenvalue weighted by atomic mass is 10.1. The second-order valence-electron chi connectivity index (χ2n) is 3.60. The van der Waals surface area contributed by atoms with E-state index in [1.54, 1.807) is 0 Å². The standard InChI is InChI=1S/C12H17NO3/c1-8-4-5-10(13)9(2)12(8)16-7-6-11(14)15-3/h4-5H,6-7,13H2,1-3H3. The number of methoxy groups -OCH3 is 1. The van der Waals surface area contributed by atoms with Crippen molar-refractivity contribution in [1.29, 1.82) is 0 Å². The molecule has 4 nitrogen and oxygen atoms in total. The first kappa shape index (κ1) is 12.4. The number of carbonyl (C=O) groups is 1. The maximum absolute atomic E-state index is 10.9. The first-order valence-electron chi connectivity index (χ1n) is 5.11. The highest BCUT2D eigenvalue weighted by molar-refractivity contribution is 5.69. The largest absolute Gasteiger partial charge is 0.492 e. The second kappa shape index (κ2) is 5.39. The molecule has 0 heterocycles. The molecule has 0 saturated carbocycles. The third-order valence-corrected chi connectivity index (χ3v) is 2.42. The van der Waals surface area contributed by atoms with Crippen LogP contribution in [0.5, 0.6) is 5.75 Å². The summed E-state index contributed by atoms with van der Waals surface area (Å²) >= 11 is 0. The number of esters is 1. The minimum atomic E-state index is -0.279. The summed E-state index contributed by atoms with van der Waals surface area (Å²) in [5.74, 6) is 0.475. The van der Waals surface area contributed by atoms with Crippen LogP contribution >= 0.6 is 0 Å². The Morgan fingerprint density at radius 2 is 2.06 bits per heavy atom. The number of hydrogen-bond donors (Lipinski definition) is 1. The van der Waals surface area contributed by atoms with E-state index in [4.69, 9.17) is 10.5 Å². The molecule has 0 aromatic heterocycles. The molecule has 4 heteroatoms. The molecule has 0 aliphatic carbocycles. The Hall–Kier alpha value is -1.71. The summed E-state index contributed by atoms with van der Waals surface area (Å²) in [6, 6.07) is 3.74. The quantitative estimate of drug-likeness (QED) is 0.624. The molecule has 1 aromatic rings. The van der Waals surface area contributed by atoms with Crippen molar-refractivity contribution in [2.75, 3.05) is 19.5 Å². The van der Waals surface area contributed by atoms with Gasteiger partial charge in [0.15, 0.2) is 0 Å². The van der Waals surface area contributed by atoms with E-state index in [0.29, 0.717) is 12.3 Å². The van der Waals surface area contributed by atoms with E-state index in [1.807, 2.05) is 26.0 Å². The summed E-state index contributed by atoms with van der Waals surface area (Å²) in [4.78, 5) is 10.9. The van der Waals surface area contributed by atoms with Crippen molar-refractivity contribution < 1.29 is 14.3 Å². The minimum absolute atomic E-state index is 0.240. The average molecular weight is 223 g/mol. The van der Waals surface area contributed by atoms with Crippen LogP contribution < -0.4 is 10.5 Å². The van der Waals surface area contributed by atoms with Gasteiger partial charge in [0.05, 0.1) is 20.1 Å². The smallest absolute Gasteiger partial charge is 0.308 e. The van der Waals surface area contributed by atoms with Gasteiger partial charge in [-0.15, -0.1) is 0 Å². The fourth-order valence-corrected chi connectivity index (χ4v) is 1.40.